The molecule has 0 aliphatic carbocycles. The Balaban J connectivity index is 2.09. The van der Waals surface area contributed by atoms with Crippen LogP contribution in [0.15, 0.2) is 28.9 Å². The van der Waals surface area contributed by atoms with Crippen LogP contribution in [-0.2, 0) is 33.3 Å². The molecule has 0 unspecified atom stereocenters. The lowest BCUT2D eigenvalue weighted by molar-refractivity contribution is -0.385. The van der Waals surface area contributed by atoms with Crippen molar-refractivity contribution in [3.8, 4) is 0 Å². The maximum Gasteiger partial charge on any atom is 0.303 e. The van der Waals surface area contributed by atoms with Gasteiger partial charge in [0.15, 0.2) is 24.5 Å². The highest BCUT2D eigenvalue weighted by Gasteiger charge is 2.47. The molecule has 1 aliphatic rings. The molecule has 3 rings (SSSR count). The number of hydrogen-bond acceptors (Lipinski definition) is 9. The quantitative estimate of drug-likeness (QED) is 0.263. The van der Waals surface area contributed by atoms with Crippen LogP contribution in [0.4, 0.5) is 5.69 Å². The van der Waals surface area contributed by atoms with Gasteiger partial charge in [-0.2, -0.15) is 0 Å². The SMILES string of the molecule is CC(=O)O[C@@H]1[C@@H](OC(C)=O)[C@H](n2ccc3cc(Br)c([N+](=O)[O-])cc32)OC[C@@H]1OC(C)=O. The summed E-state index contributed by atoms with van der Waals surface area (Å²) in [5, 5.41) is 12.0. The molecule has 31 heavy (non-hydrogen) atoms. The Morgan fingerprint density at radius 2 is 1.71 bits per heavy atom. The highest BCUT2D eigenvalue weighted by atomic mass is 79.9. The third-order valence-corrected chi connectivity index (χ3v) is 5.22. The highest BCUT2D eigenvalue weighted by Crippen LogP contribution is 2.36. The molecule has 1 fully saturated rings. The van der Waals surface area contributed by atoms with Crippen LogP contribution in [-0.4, -0.2) is 52.3 Å². The van der Waals surface area contributed by atoms with Crippen LogP contribution in [0, 0.1) is 10.1 Å². The smallest absolute Gasteiger partial charge is 0.303 e. The van der Waals surface area contributed by atoms with Gasteiger partial charge in [-0.05, 0) is 28.1 Å². The van der Waals surface area contributed by atoms with E-state index in [1.165, 1.54) is 26.8 Å². The van der Waals surface area contributed by atoms with Crippen molar-refractivity contribution in [2.45, 2.75) is 45.3 Å². The Hall–Kier alpha value is -2.99. The average molecular weight is 499 g/mol. The molecule has 0 saturated carbocycles. The summed E-state index contributed by atoms with van der Waals surface area (Å²) in [4.78, 5) is 45.8. The second-order valence-corrected chi connectivity index (χ2v) is 7.72. The van der Waals surface area contributed by atoms with E-state index in [1.54, 1.807) is 22.9 Å². The lowest BCUT2D eigenvalue weighted by atomic mass is 10.0. The third-order valence-electron chi connectivity index (χ3n) is 4.58. The molecular formula is C19H19BrN2O9. The predicted molar refractivity (Wildman–Crippen MR) is 108 cm³/mol. The number of benzene rings is 1. The number of carbonyl (C=O) groups is 3. The van der Waals surface area contributed by atoms with Crippen molar-refractivity contribution in [3.63, 3.8) is 0 Å². The molecule has 1 aromatic carbocycles. The monoisotopic (exact) mass is 498 g/mol. The molecule has 1 aliphatic heterocycles. The zero-order valence-corrected chi connectivity index (χ0v) is 18.4. The van der Waals surface area contributed by atoms with Crippen molar-refractivity contribution < 1.29 is 38.3 Å². The van der Waals surface area contributed by atoms with E-state index in [9.17, 15) is 24.5 Å². The van der Waals surface area contributed by atoms with Gasteiger partial charge in [-0.1, -0.05) is 0 Å². The van der Waals surface area contributed by atoms with E-state index >= 15 is 0 Å². The molecule has 166 valence electrons. The second kappa shape index (κ2) is 9.02. The Labute approximate surface area is 184 Å². The highest BCUT2D eigenvalue weighted by molar-refractivity contribution is 9.10. The van der Waals surface area contributed by atoms with Crippen molar-refractivity contribution in [2.24, 2.45) is 0 Å². The minimum Gasteiger partial charge on any atom is -0.456 e. The fraction of sp³-hybridized carbons (Fsp3) is 0.421. The topological polar surface area (TPSA) is 136 Å². The molecule has 1 aromatic heterocycles. The van der Waals surface area contributed by atoms with Crippen LogP contribution in [0.25, 0.3) is 10.9 Å². The lowest BCUT2D eigenvalue weighted by Gasteiger charge is -2.41. The number of rotatable bonds is 5. The van der Waals surface area contributed by atoms with Crippen LogP contribution in [0.3, 0.4) is 0 Å². The van der Waals surface area contributed by atoms with Gasteiger partial charge in [0.05, 0.1) is 21.5 Å². The second-order valence-electron chi connectivity index (χ2n) is 6.86. The standard InChI is InChI=1S/C19H19BrN2O9/c1-9(23)29-16-8-28-19(18(31-11(3)25)17(16)30-10(2)24)21-5-4-12-6-13(20)15(22(26)27)7-14(12)21/h4-7,16-19H,8H2,1-3H3/t16-,17-,18+,19+/m0/s1. The minimum absolute atomic E-state index is 0.155. The molecule has 0 spiro atoms. The summed E-state index contributed by atoms with van der Waals surface area (Å²) in [5.74, 6) is -1.97. The summed E-state index contributed by atoms with van der Waals surface area (Å²) in [6.45, 7) is 3.38. The van der Waals surface area contributed by atoms with E-state index in [2.05, 4.69) is 15.9 Å². The normalized spacial score (nSPS) is 23.2. The Morgan fingerprint density at radius 1 is 1.10 bits per heavy atom. The van der Waals surface area contributed by atoms with Crippen molar-refractivity contribution in [1.29, 1.82) is 0 Å². The van der Waals surface area contributed by atoms with E-state index in [1.807, 2.05) is 0 Å². The van der Waals surface area contributed by atoms with Crippen LogP contribution in [0.5, 0.6) is 0 Å². The molecule has 0 amide bonds. The van der Waals surface area contributed by atoms with E-state index in [0.29, 0.717) is 15.4 Å². The lowest BCUT2D eigenvalue weighted by Crippen LogP contribution is -2.55. The molecule has 2 heterocycles. The third kappa shape index (κ3) is 4.85. The van der Waals surface area contributed by atoms with Gasteiger partial charge in [0, 0.05) is 38.4 Å². The van der Waals surface area contributed by atoms with Gasteiger partial charge in [-0.3, -0.25) is 24.5 Å². The Bertz CT molecular complexity index is 1050. The van der Waals surface area contributed by atoms with E-state index in [4.69, 9.17) is 18.9 Å². The molecule has 11 nitrogen and oxygen atoms in total. The summed E-state index contributed by atoms with van der Waals surface area (Å²) in [7, 11) is 0. The van der Waals surface area contributed by atoms with Gasteiger partial charge in [-0.15, -0.1) is 0 Å². The van der Waals surface area contributed by atoms with Crippen LogP contribution in [0.2, 0.25) is 0 Å². The average Bonchev–Trinajstić information content (AvgIpc) is 3.05. The number of aromatic nitrogens is 1. The molecule has 1 saturated heterocycles. The number of esters is 3. The molecular weight excluding hydrogens is 480 g/mol. The maximum atomic E-state index is 11.8. The van der Waals surface area contributed by atoms with E-state index < -0.39 is 47.4 Å². The Kier molecular flexibility index (Phi) is 6.60. The summed E-state index contributed by atoms with van der Waals surface area (Å²) < 4.78 is 23.6. The van der Waals surface area contributed by atoms with E-state index in [-0.39, 0.29) is 12.3 Å². The molecule has 0 N–H and O–H groups in total. The van der Waals surface area contributed by atoms with Gasteiger partial charge in [0.25, 0.3) is 5.69 Å². The van der Waals surface area contributed by atoms with Crippen LogP contribution < -0.4 is 0 Å². The molecule has 4 atom stereocenters. The minimum atomic E-state index is -1.18. The summed E-state index contributed by atoms with van der Waals surface area (Å²) in [6, 6.07) is 4.64. The fourth-order valence-electron chi connectivity index (χ4n) is 3.49. The fourth-order valence-corrected chi connectivity index (χ4v) is 3.99. The number of halogens is 1. The molecule has 2 aromatic rings. The van der Waals surface area contributed by atoms with Crippen LogP contribution in [0.1, 0.15) is 27.0 Å². The van der Waals surface area contributed by atoms with Crippen molar-refractivity contribution in [3.05, 3.63) is 39.0 Å². The first-order chi connectivity index (χ1) is 14.6. The number of nitro groups is 1. The van der Waals surface area contributed by atoms with Gasteiger partial charge < -0.3 is 23.5 Å². The predicted octanol–water partition coefficient (Wildman–Crippen LogP) is 2.64. The zero-order valence-electron chi connectivity index (χ0n) is 16.8. The number of fused-ring (bicyclic) bond motifs is 1. The first-order valence-electron chi connectivity index (χ1n) is 9.16. The number of carbonyl (C=O) groups excluding carboxylic acids is 3. The number of ether oxygens (including phenoxy) is 4. The van der Waals surface area contributed by atoms with Crippen LogP contribution >= 0.6 is 15.9 Å². The first kappa shape index (κ1) is 22.7. The number of hydrogen-bond donors (Lipinski definition) is 0. The van der Waals surface area contributed by atoms with Crippen molar-refractivity contribution in [1.82, 2.24) is 4.57 Å². The largest absolute Gasteiger partial charge is 0.456 e. The molecule has 0 radical (unpaired) electrons. The summed E-state index contributed by atoms with van der Waals surface area (Å²) >= 11 is 3.18. The molecule has 12 heteroatoms. The van der Waals surface area contributed by atoms with Gasteiger partial charge in [0.2, 0.25) is 0 Å². The first-order valence-corrected chi connectivity index (χ1v) is 9.95. The summed E-state index contributed by atoms with van der Waals surface area (Å²) in [5.41, 5.74) is 0.270. The van der Waals surface area contributed by atoms with Crippen molar-refractivity contribution >= 4 is 50.4 Å². The summed E-state index contributed by atoms with van der Waals surface area (Å²) in [6.07, 6.45) is -2.73. The number of nitrogens with zero attached hydrogens (tertiary/aromatic N) is 2. The van der Waals surface area contributed by atoms with Crippen molar-refractivity contribution in [2.75, 3.05) is 6.61 Å². The number of nitro benzene ring substituents is 1. The van der Waals surface area contributed by atoms with E-state index in [0.717, 1.165) is 0 Å². The molecule has 0 bridgehead atoms. The zero-order chi connectivity index (χ0) is 22.9. The van der Waals surface area contributed by atoms with Gasteiger partial charge in [-0.25, -0.2) is 0 Å². The van der Waals surface area contributed by atoms with Gasteiger partial charge in [0.1, 0.15) is 0 Å². The maximum absolute atomic E-state index is 11.8. The Morgan fingerprint density at radius 3 is 2.29 bits per heavy atom. The van der Waals surface area contributed by atoms with Gasteiger partial charge >= 0.3 is 17.9 Å².